The van der Waals surface area contributed by atoms with Crippen LogP contribution in [0.4, 0.5) is 0 Å². The summed E-state index contributed by atoms with van der Waals surface area (Å²) in [6.45, 7) is 7.61. The summed E-state index contributed by atoms with van der Waals surface area (Å²) in [7, 11) is 0. The van der Waals surface area contributed by atoms with Crippen molar-refractivity contribution in [3.05, 3.63) is 65.0 Å². The second-order valence-corrected chi connectivity index (χ2v) is 8.01. The third-order valence-corrected chi connectivity index (χ3v) is 5.51. The zero-order valence-corrected chi connectivity index (χ0v) is 16.2. The summed E-state index contributed by atoms with van der Waals surface area (Å²) in [6, 6.07) is 10.1. The summed E-state index contributed by atoms with van der Waals surface area (Å²) < 4.78 is 6.06. The molecule has 4 rings (SSSR count). The highest BCUT2D eigenvalue weighted by molar-refractivity contribution is 5.84. The maximum absolute atomic E-state index is 10.5. The molecule has 0 radical (unpaired) electrons. The predicted octanol–water partition coefficient (Wildman–Crippen LogP) is 4.12. The van der Waals surface area contributed by atoms with Gasteiger partial charge in [-0.25, -0.2) is 0 Å². The quantitative estimate of drug-likeness (QED) is 0.886. The van der Waals surface area contributed by atoms with E-state index in [1.165, 1.54) is 25.9 Å². The van der Waals surface area contributed by atoms with Gasteiger partial charge in [0.15, 0.2) is 0 Å². The number of fused-ring (bicyclic) bond motifs is 2. The average molecular weight is 364 g/mol. The molecule has 0 bridgehead atoms. The van der Waals surface area contributed by atoms with Crippen molar-refractivity contribution < 1.29 is 9.84 Å². The summed E-state index contributed by atoms with van der Waals surface area (Å²) in [4.78, 5) is 7.07. The van der Waals surface area contributed by atoms with Crippen LogP contribution in [0, 0.1) is 0 Å². The van der Waals surface area contributed by atoms with Gasteiger partial charge in [0.2, 0.25) is 0 Å². The SMILES string of the molecule is CC(C)(O)c1ccc2c(c1)/C(=C/CCN1CCCC1)c1cccnc1CO2. The Morgan fingerprint density at radius 2 is 2.00 bits per heavy atom. The Labute approximate surface area is 161 Å². The lowest BCUT2D eigenvalue weighted by Gasteiger charge is -2.20. The molecular weight excluding hydrogens is 336 g/mol. The molecule has 1 N–H and O–H groups in total. The molecule has 1 fully saturated rings. The first-order valence-corrected chi connectivity index (χ1v) is 9.89. The lowest BCUT2D eigenvalue weighted by molar-refractivity contribution is 0.0785. The number of hydrogen-bond acceptors (Lipinski definition) is 4. The second kappa shape index (κ2) is 7.45. The van der Waals surface area contributed by atoms with Crippen LogP contribution in [-0.2, 0) is 12.2 Å². The summed E-state index contributed by atoms with van der Waals surface area (Å²) in [5, 5.41) is 10.5. The molecule has 1 saturated heterocycles. The highest BCUT2D eigenvalue weighted by Crippen LogP contribution is 2.38. The van der Waals surface area contributed by atoms with E-state index < -0.39 is 5.60 Å². The molecule has 0 atom stereocenters. The second-order valence-electron chi connectivity index (χ2n) is 8.01. The fraction of sp³-hybridized carbons (Fsp3) is 0.435. The van der Waals surface area contributed by atoms with Gasteiger partial charge in [-0.1, -0.05) is 18.2 Å². The molecule has 1 aromatic carbocycles. The van der Waals surface area contributed by atoms with Crippen LogP contribution in [0.25, 0.3) is 5.57 Å². The van der Waals surface area contributed by atoms with Gasteiger partial charge < -0.3 is 14.7 Å². The Hall–Kier alpha value is -2.17. The smallest absolute Gasteiger partial charge is 0.131 e. The molecule has 3 heterocycles. The number of ether oxygens (including phenoxy) is 1. The van der Waals surface area contributed by atoms with E-state index >= 15 is 0 Å². The van der Waals surface area contributed by atoms with Gasteiger partial charge in [-0.3, -0.25) is 4.98 Å². The van der Waals surface area contributed by atoms with E-state index in [0.717, 1.165) is 46.7 Å². The van der Waals surface area contributed by atoms with E-state index in [2.05, 4.69) is 28.1 Å². The van der Waals surface area contributed by atoms with Gasteiger partial charge in [0.1, 0.15) is 12.4 Å². The standard InChI is InChI=1S/C23H28N2O2/c1-23(2,26)17-9-10-22-20(15-17)18(8-6-14-25-12-3-4-13-25)19-7-5-11-24-21(19)16-27-22/h5,7-11,15,26H,3-4,6,12-14,16H2,1-2H3/b18-8+. The number of likely N-dealkylation sites (tertiary alicyclic amines) is 1. The van der Waals surface area contributed by atoms with Crippen LogP contribution < -0.4 is 4.74 Å². The van der Waals surface area contributed by atoms with E-state index in [9.17, 15) is 5.11 Å². The Balaban J connectivity index is 1.74. The van der Waals surface area contributed by atoms with Gasteiger partial charge in [-0.05, 0) is 75.5 Å². The molecule has 1 aromatic heterocycles. The van der Waals surface area contributed by atoms with E-state index in [4.69, 9.17) is 4.74 Å². The van der Waals surface area contributed by atoms with Gasteiger partial charge in [-0.2, -0.15) is 0 Å². The molecule has 0 saturated carbocycles. The Morgan fingerprint density at radius 1 is 1.19 bits per heavy atom. The van der Waals surface area contributed by atoms with E-state index in [0.29, 0.717) is 6.61 Å². The third kappa shape index (κ3) is 3.92. The molecule has 2 aliphatic heterocycles. The Bertz CT molecular complexity index is 846. The van der Waals surface area contributed by atoms with Crippen molar-refractivity contribution in [3.63, 3.8) is 0 Å². The van der Waals surface area contributed by atoms with E-state index in [1.54, 1.807) is 0 Å². The number of aromatic nitrogens is 1. The molecular formula is C23H28N2O2. The van der Waals surface area contributed by atoms with Crippen LogP contribution in [-0.4, -0.2) is 34.6 Å². The van der Waals surface area contributed by atoms with Crippen LogP contribution in [0.2, 0.25) is 0 Å². The van der Waals surface area contributed by atoms with Crippen LogP contribution >= 0.6 is 0 Å². The molecule has 142 valence electrons. The molecule has 2 aliphatic rings. The van der Waals surface area contributed by atoms with Crippen molar-refractivity contribution in [2.45, 2.75) is 45.3 Å². The highest BCUT2D eigenvalue weighted by Gasteiger charge is 2.23. The lowest BCUT2D eigenvalue weighted by atomic mass is 9.90. The van der Waals surface area contributed by atoms with Crippen molar-refractivity contribution in [1.82, 2.24) is 9.88 Å². The third-order valence-electron chi connectivity index (χ3n) is 5.51. The fourth-order valence-electron chi connectivity index (χ4n) is 3.95. The molecule has 2 aromatic rings. The molecule has 0 aliphatic carbocycles. The van der Waals surface area contributed by atoms with Crippen LogP contribution in [0.5, 0.6) is 5.75 Å². The lowest BCUT2D eigenvalue weighted by Crippen LogP contribution is -2.19. The predicted molar refractivity (Wildman–Crippen MR) is 108 cm³/mol. The van der Waals surface area contributed by atoms with E-state index in [1.807, 2.05) is 38.2 Å². The molecule has 0 unspecified atom stereocenters. The minimum absolute atomic E-state index is 0.467. The monoisotopic (exact) mass is 364 g/mol. The first kappa shape index (κ1) is 18.2. The normalized spacial score (nSPS) is 18.7. The van der Waals surface area contributed by atoms with E-state index in [-0.39, 0.29) is 0 Å². The zero-order valence-electron chi connectivity index (χ0n) is 16.2. The van der Waals surface area contributed by atoms with Crippen LogP contribution in [0.1, 0.15) is 55.5 Å². The fourth-order valence-corrected chi connectivity index (χ4v) is 3.95. The first-order valence-electron chi connectivity index (χ1n) is 9.89. The average Bonchev–Trinajstić information content (AvgIpc) is 3.11. The number of pyridine rings is 1. The van der Waals surface area contributed by atoms with Gasteiger partial charge in [0.05, 0.1) is 11.3 Å². The Kier molecular flexibility index (Phi) is 5.02. The molecule has 0 amide bonds. The Morgan fingerprint density at radius 3 is 2.78 bits per heavy atom. The number of nitrogens with zero attached hydrogens (tertiary/aromatic N) is 2. The van der Waals surface area contributed by atoms with Crippen molar-refractivity contribution >= 4 is 5.57 Å². The maximum Gasteiger partial charge on any atom is 0.131 e. The van der Waals surface area contributed by atoms with Crippen LogP contribution in [0.15, 0.2) is 42.6 Å². The number of benzene rings is 1. The number of rotatable bonds is 4. The van der Waals surface area contributed by atoms with Gasteiger partial charge in [0, 0.05) is 23.9 Å². The van der Waals surface area contributed by atoms with Gasteiger partial charge in [0.25, 0.3) is 0 Å². The molecule has 27 heavy (non-hydrogen) atoms. The summed E-state index contributed by atoms with van der Waals surface area (Å²) >= 11 is 0. The highest BCUT2D eigenvalue weighted by atomic mass is 16.5. The van der Waals surface area contributed by atoms with Crippen molar-refractivity contribution in [3.8, 4) is 5.75 Å². The van der Waals surface area contributed by atoms with Crippen molar-refractivity contribution in [1.29, 1.82) is 0 Å². The largest absolute Gasteiger partial charge is 0.487 e. The van der Waals surface area contributed by atoms with Crippen LogP contribution in [0.3, 0.4) is 0 Å². The maximum atomic E-state index is 10.5. The first-order chi connectivity index (χ1) is 13.0. The topological polar surface area (TPSA) is 45.6 Å². The minimum Gasteiger partial charge on any atom is -0.487 e. The number of hydrogen-bond donors (Lipinski definition) is 1. The summed E-state index contributed by atoms with van der Waals surface area (Å²) in [5.41, 5.74) is 4.30. The zero-order chi connectivity index (χ0) is 18.9. The summed E-state index contributed by atoms with van der Waals surface area (Å²) in [5.74, 6) is 0.855. The molecule has 4 heteroatoms. The van der Waals surface area contributed by atoms with Gasteiger partial charge >= 0.3 is 0 Å². The van der Waals surface area contributed by atoms with Gasteiger partial charge in [-0.15, -0.1) is 0 Å². The van der Waals surface area contributed by atoms with Crippen molar-refractivity contribution in [2.75, 3.05) is 19.6 Å². The van der Waals surface area contributed by atoms with Crippen molar-refractivity contribution in [2.24, 2.45) is 0 Å². The number of aliphatic hydroxyl groups is 1. The minimum atomic E-state index is -0.889. The molecule has 0 spiro atoms. The summed E-state index contributed by atoms with van der Waals surface area (Å²) in [6.07, 6.45) is 7.77. The molecule has 4 nitrogen and oxygen atoms in total.